The molecular formula is C12H10F4N2S. The topological polar surface area (TPSA) is 38.9 Å². The second-order valence-electron chi connectivity index (χ2n) is 3.95. The molecular weight excluding hydrogens is 280 g/mol. The van der Waals surface area contributed by atoms with Crippen LogP contribution >= 0.6 is 11.3 Å². The van der Waals surface area contributed by atoms with Crippen molar-refractivity contribution in [1.29, 1.82) is 0 Å². The normalized spacial score (nSPS) is 11.9. The lowest BCUT2D eigenvalue weighted by atomic mass is 10.1. The molecule has 0 aliphatic rings. The van der Waals surface area contributed by atoms with Crippen LogP contribution in [-0.4, -0.2) is 4.98 Å². The van der Waals surface area contributed by atoms with Crippen LogP contribution in [0.15, 0.2) is 18.2 Å². The SMILES string of the molecule is Cc1ccc(F)cc1-c1nc(C(F)(F)F)c(CN)s1. The second-order valence-corrected chi connectivity index (χ2v) is 5.04. The number of thiazole rings is 1. The van der Waals surface area contributed by atoms with E-state index < -0.39 is 17.7 Å². The Hall–Kier alpha value is -1.47. The van der Waals surface area contributed by atoms with Gasteiger partial charge in [-0.05, 0) is 24.6 Å². The van der Waals surface area contributed by atoms with Crippen molar-refractivity contribution >= 4 is 11.3 Å². The summed E-state index contributed by atoms with van der Waals surface area (Å²) in [5.74, 6) is -0.515. The molecule has 2 nitrogen and oxygen atoms in total. The molecule has 1 heterocycles. The summed E-state index contributed by atoms with van der Waals surface area (Å²) in [6.45, 7) is 1.44. The van der Waals surface area contributed by atoms with E-state index in [1.54, 1.807) is 6.92 Å². The van der Waals surface area contributed by atoms with Crippen LogP contribution in [0.5, 0.6) is 0 Å². The minimum absolute atomic E-state index is 0.0499. The molecule has 102 valence electrons. The predicted molar refractivity (Wildman–Crippen MR) is 65.1 cm³/mol. The first-order chi connectivity index (χ1) is 8.82. The van der Waals surface area contributed by atoms with Crippen LogP contribution in [0.3, 0.4) is 0 Å². The number of aromatic nitrogens is 1. The Morgan fingerprint density at radius 3 is 2.53 bits per heavy atom. The Balaban J connectivity index is 2.58. The molecule has 0 saturated heterocycles. The molecule has 1 aromatic heterocycles. The number of halogens is 4. The molecule has 0 radical (unpaired) electrons. The molecule has 1 aromatic carbocycles. The third kappa shape index (κ3) is 2.76. The first-order valence-corrected chi connectivity index (χ1v) is 6.18. The summed E-state index contributed by atoms with van der Waals surface area (Å²) in [6.07, 6.45) is -4.55. The van der Waals surface area contributed by atoms with Crippen molar-refractivity contribution in [3.63, 3.8) is 0 Å². The van der Waals surface area contributed by atoms with Crippen molar-refractivity contribution < 1.29 is 17.6 Å². The second kappa shape index (κ2) is 4.90. The summed E-state index contributed by atoms with van der Waals surface area (Å²) in [5.41, 5.74) is 5.33. The van der Waals surface area contributed by atoms with Crippen LogP contribution in [0.4, 0.5) is 17.6 Å². The zero-order valence-electron chi connectivity index (χ0n) is 9.88. The average Bonchev–Trinajstić information content (AvgIpc) is 2.76. The monoisotopic (exact) mass is 290 g/mol. The van der Waals surface area contributed by atoms with E-state index in [-0.39, 0.29) is 16.4 Å². The lowest BCUT2D eigenvalue weighted by molar-refractivity contribution is -0.141. The Bertz CT molecular complexity index is 604. The fourth-order valence-corrected chi connectivity index (χ4v) is 2.69. The van der Waals surface area contributed by atoms with Gasteiger partial charge in [0.1, 0.15) is 10.8 Å². The number of hydrogen-bond acceptors (Lipinski definition) is 3. The van der Waals surface area contributed by atoms with E-state index in [1.165, 1.54) is 18.2 Å². The fraction of sp³-hybridized carbons (Fsp3) is 0.250. The first kappa shape index (κ1) is 14.0. The van der Waals surface area contributed by atoms with Crippen molar-refractivity contribution in [2.24, 2.45) is 5.73 Å². The third-order valence-electron chi connectivity index (χ3n) is 2.58. The summed E-state index contributed by atoms with van der Waals surface area (Å²) in [5, 5.41) is 0.129. The van der Waals surface area contributed by atoms with Gasteiger partial charge in [-0.15, -0.1) is 11.3 Å². The predicted octanol–water partition coefficient (Wildman–Crippen LogP) is 3.74. The molecule has 0 aliphatic heterocycles. The Morgan fingerprint density at radius 2 is 2.00 bits per heavy atom. The minimum atomic E-state index is -4.55. The van der Waals surface area contributed by atoms with Crippen molar-refractivity contribution in [3.8, 4) is 10.6 Å². The highest BCUT2D eigenvalue weighted by Gasteiger charge is 2.37. The molecule has 0 saturated carbocycles. The summed E-state index contributed by atoms with van der Waals surface area (Å²) in [4.78, 5) is 3.52. The van der Waals surface area contributed by atoms with Gasteiger partial charge in [-0.2, -0.15) is 13.2 Å². The molecule has 0 atom stereocenters. The standard InChI is InChI=1S/C12H10F4N2S/c1-6-2-3-7(13)4-8(6)11-18-10(12(14,15)16)9(5-17)19-11/h2-4H,5,17H2,1H3. The van der Waals surface area contributed by atoms with Crippen LogP contribution in [0.25, 0.3) is 10.6 Å². The van der Waals surface area contributed by atoms with Gasteiger partial charge in [-0.1, -0.05) is 6.07 Å². The zero-order valence-corrected chi connectivity index (χ0v) is 10.7. The van der Waals surface area contributed by atoms with E-state index in [2.05, 4.69) is 4.98 Å². The smallest absolute Gasteiger partial charge is 0.326 e. The quantitative estimate of drug-likeness (QED) is 0.856. The van der Waals surface area contributed by atoms with Gasteiger partial charge in [0, 0.05) is 12.1 Å². The van der Waals surface area contributed by atoms with E-state index in [0.717, 1.165) is 11.3 Å². The van der Waals surface area contributed by atoms with Crippen LogP contribution < -0.4 is 5.73 Å². The minimum Gasteiger partial charge on any atom is -0.326 e. The first-order valence-electron chi connectivity index (χ1n) is 5.36. The number of rotatable bonds is 2. The number of nitrogens with two attached hydrogens (primary N) is 1. The third-order valence-corrected chi connectivity index (χ3v) is 3.69. The fourth-order valence-electron chi connectivity index (χ4n) is 1.65. The van der Waals surface area contributed by atoms with Crippen molar-refractivity contribution in [2.75, 3.05) is 0 Å². The molecule has 0 amide bonds. The van der Waals surface area contributed by atoms with Crippen LogP contribution in [-0.2, 0) is 12.7 Å². The highest BCUT2D eigenvalue weighted by molar-refractivity contribution is 7.15. The lowest BCUT2D eigenvalue weighted by Gasteiger charge is -2.04. The van der Waals surface area contributed by atoms with Gasteiger partial charge in [0.15, 0.2) is 5.69 Å². The van der Waals surface area contributed by atoms with Gasteiger partial charge in [-0.3, -0.25) is 0 Å². The largest absolute Gasteiger partial charge is 0.434 e. The molecule has 2 rings (SSSR count). The van der Waals surface area contributed by atoms with E-state index in [0.29, 0.717) is 11.1 Å². The van der Waals surface area contributed by atoms with E-state index in [1.807, 2.05) is 0 Å². The molecule has 2 aromatic rings. The Morgan fingerprint density at radius 1 is 1.32 bits per heavy atom. The van der Waals surface area contributed by atoms with Gasteiger partial charge in [0.25, 0.3) is 0 Å². The maximum absolute atomic E-state index is 13.2. The molecule has 0 aliphatic carbocycles. The molecule has 0 spiro atoms. The average molecular weight is 290 g/mol. The molecule has 19 heavy (non-hydrogen) atoms. The van der Waals surface area contributed by atoms with Crippen LogP contribution in [0.1, 0.15) is 16.1 Å². The van der Waals surface area contributed by atoms with E-state index in [9.17, 15) is 17.6 Å². The van der Waals surface area contributed by atoms with Crippen molar-refractivity contribution in [3.05, 3.63) is 40.2 Å². The highest BCUT2D eigenvalue weighted by Crippen LogP contribution is 2.38. The number of nitrogens with zero attached hydrogens (tertiary/aromatic N) is 1. The number of aryl methyl sites for hydroxylation is 1. The van der Waals surface area contributed by atoms with E-state index in [4.69, 9.17) is 5.73 Å². The number of alkyl halides is 3. The summed E-state index contributed by atoms with van der Waals surface area (Å²) in [6, 6.07) is 3.93. The molecule has 0 bridgehead atoms. The Labute approximate surface area is 110 Å². The molecule has 2 N–H and O–H groups in total. The Kier molecular flexibility index (Phi) is 3.60. The van der Waals surface area contributed by atoms with Gasteiger partial charge >= 0.3 is 6.18 Å². The van der Waals surface area contributed by atoms with E-state index >= 15 is 0 Å². The zero-order chi connectivity index (χ0) is 14.2. The van der Waals surface area contributed by atoms with Gasteiger partial charge < -0.3 is 5.73 Å². The molecule has 0 unspecified atom stereocenters. The summed E-state index contributed by atoms with van der Waals surface area (Å²) >= 11 is 0.840. The van der Waals surface area contributed by atoms with Crippen LogP contribution in [0.2, 0.25) is 0 Å². The number of hydrogen-bond donors (Lipinski definition) is 1. The van der Waals surface area contributed by atoms with Gasteiger partial charge in [-0.25, -0.2) is 9.37 Å². The highest BCUT2D eigenvalue weighted by atomic mass is 32.1. The summed E-state index contributed by atoms with van der Waals surface area (Å²) < 4.78 is 51.5. The molecule has 7 heteroatoms. The molecule has 0 fully saturated rings. The maximum Gasteiger partial charge on any atom is 0.434 e. The van der Waals surface area contributed by atoms with Gasteiger partial charge in [0.2, 0.25) is 0 Å². The van der Waals surface area contributed by atoms with Gasteiger partial charge in [0.05, 0.1) is 4.88 Å². The lowest BCUT2D eigenvalue weighted by Crippen LogP contribution is -2.10. The maximum atomic E-state index is 13.2. The van der Waals surface area contributed by atoms with Crippen molar-refractivity contribution in [1.82, 2.24) is 4.98 Å². The van der Waals surface area contributed by atoms with Crippen LogP contribution in [0, 0.1) is 12.7 Å². The number of benzene rings is 1. The van der Waals surface area contributed by atoms with Crippen molar-refractivity contribution in [2.45, 2.75) is 19.6 Å². The summed E-state index contributed by atoms with van der Waals surface area (Å²) in [7, 11) is 0.